The molecule has 0 aliphatic rings. The SMILES string of the molecule is C[C@@H](c1cccc(-c2ccc(Cn3ccnc3)cc2)c1)N(C)C. The zero-order chi connectivity index (χ0) is 16.2. The highest BCUT2D eigenvalue weighted by Crippen LogP contribution is 2.25. The van der Waals surface area contributed by atoms with Crippen LogP contribution in [0.25, 0.3) is 11.1 Å². The first-order valence-electron chi connectivity index (χ1n) is 7.95. The van der Waals surface area contributed by atoms with Gasteiger partial charge >= 0.3 is 0 Å². The molecule has 1 aromatic heterocycles. The van der Waals surface area contributed by atoms with Gasteiger partial charge in [-0.1, -0.05) is 42.5 Å². The van der Waals surface area contributed by atoms with Crippen LogP contribution < -0.4 is 0 Å². The molecule has 0 radical (unpaired) electrons. The van der Waals surface area contributed by atoms with Gasteiger partial charge in [0.25, 0.3) is 0 Å². The van der Waals surface area contributed by atoms with Gasteiger partial charge < -0.3 is 9.47 Å². The van der Waals surface area contributed by atoms with Crippen molar-refractivity contribution in [2.24, 2.45) is 0 Å². The minimum absolute atomic E-state index is 0.412. The van der Waals surface area contributed by atoms with E-state index in [2.05, 4.69) is 84.0 Å². The predicted octanol–water partition coefficient (Wildman–Crippen LogP) is 4.22. The molecule has 3 heteroatoms. The molecule has 0 saturated carbocycles. The summed E-state index contributed by atoms with van der Waals surface area (Å²) >= 11 is 0. The molecular formula is C20H23N3. The van der Waals surface area contributed by atoms with E-state index < -0.39 is 0 Å². The van der Waals surface area contributed by atoms with E-state index in [0.29, 0.717) is 6.04 Å². The number of nitrogens with zero attached hydrogens (tertiary/aromatic N) is 3. The number of hydrogen-bond acceptors (Lipinski definition) is 2. The van der Waals surface area contributed by atoms with Gasteiger partial charge in [-0.15, -0.1) is 0 Å². The standard InChI is InChI=1S/C20H23N3/c1-16(22(2)3)19-5-4-6-20(13-19)18-9-7-17(8-10-18)14-23-12-11-21-15-23/h4-13,15-16H,14H2,1-3H3/t16-/m0/s1. The van der Waals surface area contributed by atoms with Gasteiger partial charge in [0.05, 0.1) is 6.33 Å². The van der Waals surface area contributed by atoms with Crippen LogP contribution in [0.5, 0.6) is 0 Å². The van der Waals surface area contributed by atoms with Crippen LogP contribution in [0, 0.1) is 0 Å². The second kappa shape index (κ2) is 6.80. The highest BCUT2D eigenvalue weighted by molar-refractivity contribution is 5.64. The Morgan fingerprint density at radius 1 is 1.04 bits per heavy atom. The maximum Gasteiger partial charge on any atom is 0.0949 e. The third kappa shape index (κ3) is 3.69. The molecule has 2 aromatic carbocycles. The molecule has 23 heavy (non-hydrogen) atoms. The van der Waals surface area contributed by atoms with Gasteiger partial charge in [-0.05, 0) is 49.3 Å². The molecule has 3 aromatic rings. The van der Waals surface area contributed by atoms with Gasteiger partial charge in [-0.3, -0.25) is 0 Å². The Kier molecular flexibility index (Phi) is 4.58. The van der Waals surface area contributed by atoms with Crippen LogP contribution in [0.4, 0.5) is 0 Å². The molecule has 0 aliphatic carbocycles. The van der Waals surface area contributed by atoms with Crippen molar-refractivity contribution in [3.05, 3.63) is 78.4 Å². The summed E-state index contributed by atoms with van der Waals surface area (Å²) in [4.78, 5) is 6.31. The number of benzene rings is 2. The smallest absolute Gasteiger partial charge is 0.0949 e. The van der Waals surface area contributed by atoms with Gasteiger partial charge in [0.15, 0.2) is 0 Å². The number of hydrogen-bond donors (Lipinski definition) is 0. The minimum Gasteiger partial charge on any atom is -0.333 e. The number of aromatic nitrogens is 2. The van der Waals surface area contributed by atoms with E-state index in [4.69, 9.17) is 0 Å². The topological polar surface area (TPSA) is 21.1 Å². The fourth-order valence-electron chi connectivity index (χ4n) is 2.67. The Bertz CT molecular complexity index is 743. The summed E-state index contributed by atoms with van der Waals surface area (Å²) in [5.74, 6) is 0. The van der Waals surface area contributed by atoms with E-state index in [1.165, 1.54) is 22.3 Å². The van der Waals surface area contributed by atoms with Crippen molar-refractivity contribution >= 4 is 0 Å². The van der Waals surface area contributed by atoms with E-state index in [1.54, 1.807) is 0 Å². The Morgan fingerprint density at radius 2 is 1.83 bits per heavy atom. The fourth-order valence-corrected chi connectivity index (χ4v) is 2.67. The lowest BCUT2D eigenvalue weighted by atomic mass is 9.99. The summed E-state index contributed by atoms with van der Waals surface area (Å²) in [7, 11) is 4.23. The summed E-state index contributed by atoms with van der Waals surface area (Å²) in [5.41, 5.74) is 5.15. The van der Waals surface area contributed by atoms with E-state index in [-0.39, 0.29) is 0 Å². The van der Waals surface area contributed by atoms with Crippen LogP contribution in [-0.4, -0.2) is 28.5 Å². The van der Waals surface area contributed by atoms with Crippen LogP contribution in [0.3, 0.4) is 0 Å². The fraction of sp³-hybridized carbons (Fsp3) is 0.250. The van der Waals surface area contributed by atoms with Gasteiger partial charge in [-0.2, -0.15) is 0 Å². The monoisotopic (exact) mass is 305 g/mol. The predicted molar refractivity (Wildman–Crippen MR) is 95.3 cm³/mol. The van der Waals surface area contributed by atoms with Gasteiger partial charge in [0.2, 0.25) is 0 Å². The first kappa shape index (κ1) is 15.5. The van der Waals surface area contributed by atoms with Crippen molar-refractivity contribution in [3.8, 4) is 11.1 Å². The summed E-state index contributed by atoms with van der Waals surface area (Å²) in [6, 6.07) is 18.0. The van der Waals surface area contributed by atoms with Gasteiger partial charge in [-0.25, -0.2) is 4.98 Å². The lowest BCUT2D eigenvalue weighted by Gasteiger charge is -2.20. The Hall–Kier alpha value is -2.39. The molecule has 0 saturated heterocycles. The van der Waals surface area contributed by atoms with Crippen molar-refractivity contribution in [1.29, 1.82) is 0 Å². The Balaban J connectivity index is 1.80. The van der Waals surface area contributed by atoms with Gasteiger partial charge in [0, 0.05) is 25.0 Å². The molecule has 3 nitrogen and oxygen atoms in total. The second-order valence-electron chi connectivity index (χ2n) is 6.20. The van der Waals surface area contributed by atoms with Crippen LogP contribution in [0.2, 0.25) is 0 Å². The summed E-state index contributed by atoms with van der Waals surface area (Å²) in [6.45, 7) is 3.09. The molecule has 0 N–H and O–H groups in total. The molecule has 0 bridgehead atoms. The highest BCUT2D eigenvalue weighted by atomic mass is 15.1. The maximum absolute atomic E-state index is 4.08. The zero-order valence-electron chi connectivity index (χ0n) is 14.0. The zero-order valence-corrected chi connectivity index (χ0v) is 14.0. The average Bonchev–Trinajstić information content (AvgIpc) is 3.08. The van der Waals surface area contributed by atoms with E-state index >= 15 is 0 Å². The minimum atomic E-state index is 0.412. The molecule has 0 unspecified atom stereocenters. The maximum atomic E-state index is 4.08. The van der Waals surface area contributed by atoms with Gasteiger partial charge in [0.1, 0.15) is 0 Å². The van der Waals surface area contributed by atoms with Crippen LogP contribution in [0.1, 0.15) is 24.1 Å². The Labute approximate surface area is 138 Å². The second-order valence-corrected chi connectivity index (χ2v) is 6.20. The van der Waals surface area contributed by atoms with Crippen LogP contribution in [0.15, 0.2) is 67.3 Å². The molecule has 118 valence electrons. The molecule has 0 aliphatic heterocycles. The van der Waals surface area contributed by atoms with Crippen molar-refractivity contribution in [2.45, 2.75) is 19.5 Å². The largest absolute Gasteiger partial charge is 0.333 e. The lowest BCUT2D eigenvalue weighted by Crippen LogP contribution is -2.16. The summed E-state index contributed by atoms with van der Waals surface area (Å²) < 4.78 is 2.08. The normalized spacial score (nSPS) is 12.5. The highest BCUT2D eigenvalue weighted by Gasteiger charge is 2.08. The molecule has 1 heterocycles. The summed E-state index contributed by atoms with van der Waals surface area (Å²) in [6.07, 6.45) is 5.64. The third-order valence-electron chi connectivity index (χ3n) is 4.36. The van der Waals surface area contributed by atoms with Crippen LogP contribution in [-0.2, 0) is 6.54 Å². The molecule has 1 atom stereocenters. The number of imidazole rings is 1. The quantitative estimate of drug-likeness (QED) is 0.703. The van der Waals surface area contributed by atoms with Crippen molar-refractivity contribution in [2.75, 3.05) is 14.1 Å². The first-order chi connectivity index (χ1) is 11.1. The number of rotatable bonds is 5. The van der Waals surface area contributed by atoms with Crippen molar-refractivity contribution in [3.63, 3.8) is 0 Å². The molecular weight excluding hydrogens is 282 g/mol. The molecule has 0 spiro atoms. The van der Waals surface area contributed by atoms with Crippen molar-refractivity contribution < 1.29 is 0 Å². The van der Waals surface area contributed by atoms with E-state index in [9.17, 15) is 0 Å². The molecule has 0 amide bonds. The molecule has 0 fully saturated rings. The third-order valence-corrected chi connectivity index (χ3v) is 4.36. The average molecular weight is 305 g/mol. The van der Waals surface area contributed by atoms with Crippen molar-refractivity contribution in [1.82, 2.24) is 14.5 Å². The lowest BCUT2D eigenvalue weighted by molar-refractivity contribution is 0.321. The van der Waals surface area contributed by atoms with E-state index in [1.807, 2.05) is 18.7 Å². The van der Waals surface area contributed by atoms with Crippen LogP contribution >= 0.6 is 0 Å². The molecule has 3 rings (SSSR count). The summed E-state index contributed by atoms with van der Waals surface area (Å²) in [5, 5.41) is 0. The first-order valence-corrected chi connectivity index (χ1v) is 7.95. The van der Waals surface area contributed by atoms with E-state index in [0.717, 1.165) is 6.54 Å². The Morgan fingerprint density at radius 3 is 2.48 bits per heavy atom.